The molecule has 0 bridgehead atoms. The van der Waals surface area contributed by atoms with Crippen LogP contribution in [0.3, 0.4) is 0 Å². The highest BCUT2D eigenvalue weighted by atomic mass is 15.2. The van der Waals surface area contributed by atoms with Gasteiger partial charge in [-0.15, -0.1) is 4.99 Å². The molecule has 0 aliphatic rings. The standard InChI is InChI=1S/C31H23N7/c1-31(2,18-32)28-13-11-24(16-35-28)38-29-25-15-23(22-9-8-20-6-4-5-7-21(20)14-22)10-12-26(25)34-17-27(29)37(3)30(38)36-19-33/h4-17H,1-3H3/b36-30-. The molecule has 3 aromatic heterocycles. The summed E-state index contributed by atoms with van der Waals surface area (Å²) in [4.78, 5) is 13.5. The van der Waals surface area contributed by atoms with Crippen LogP contribution in [0.4, 0.5) is 0 Å². The number of fused-ring (bicyclic) bond motifs is 4. The molecule has 7 nitrogen and oxygen atoms in total. The van der Waals surface area contributed by atoms with E-state index in [0.29, 0.717) is 11.3 Å². The predicted molar refractivity (Wildman–Crippen MR) is 148 cm³/mol. The Morgan fingerprint density at radius 1 is 0.842 bits per heavy atom. The van der Waals surface area contributed by atoms with Crippen molar-refractivity contribution in [3.8, 4) is 29.1 Å². The lowest BCUT2D eigenvalue weighted by atomic mass is 9.91. The highest BCUT2D eigenvalue weighted by molar-refractivity contribution is 6.05. The topological polar surface area (TPSA) is 95.6 Å². The summed E-state index contributed by atoms with van der Waals surface area (Å²) in [7, 11) is 1.87. The van der Waals surface area contributed by atoms with Crippen molar-refractivity contribution < 1.29 is 0 Å². The molecule has 7 heteroatoms. The average molecular weight is 494 g/mol. The number of hydrogen-bond acceptors (Lipinski definition) is 5. The minimum atomic E-state index is -0.715. The second kappa shape index (κ2) is 8.69. The van der Waals surface area contributed by atoms with Crippen molar-refractivity contribution in [2.75, 3.05) is 0 Å². The van der Waals surface area contributed by atoms with Crippen molar-refractivity contribution in [2.24, 2.45) is 12.0 Å². The fraction of sp³-hybridized carbons (Fsp3) is 0.129. The Hall–Kier alpha value is -5.27. The maximum atomic E-state index is 9.53. The zero-order chi connectivity index (χ0) is 26.4. The summed E-state index contributed by atoms with van der Waals surface area (Å²) in [5.74, 6) is 0. The van der Waals surface area contributed by atoms with Crippen molar-refractivity contribution >= 4 is 32.7 Å². The highest BCUT2D eigenvalue weighted by Gasteiger charge is 2.22. The van der Waals surface area contributed by atoms with E-state index in [2.05, 4.69) is 58.5 Å². The third kappa shape index (κ3) is 3.61. The van der Waals surface area contributed by atoms with E-state index in [9.17, 15) is 10.5 Å². The van der Waals surface area contributed by atoms with Crippen LogP contribution < -0.4 is 5.62 Å². The van der Waals surface area contributed by atoms with Gasteiger partial charge in [0.05, 0.1) is 51.8 Å². The average Bonchev–Trinajstić information content (AvgIpc) is 3.24. The normalized spacial score (nSPS) is 12.2. The first-order valence-corrected chi connectivity index (χ1v) is 12.2. The molecule has 0 radical (unpaired) electrons. The number of hydrogen-bond donors (Lipinski definition) is 0. The summed E-state index contributed by atoms with van der Waals surface area (Å²) < 4.78 is 3.80. The van der Waals surface area contributed by atoms with Crippen LogP contribution in [-0.2, 0) is 12.5 Å². The molecule has 0 N–H and O–H groups in total. The van der Waals surface area contributed by atoms with Gasteiger partial charge in [0.2, 0.25) is 11.8 Å². The number of nitriles is 2. The molecular formula is C31H23N7. The Balaban J connectivity index is 1.64. The molecule has 6 rings (SSSR count). The quantitative estimate of drug-likeness (QED) is 0.286. The SMILES string of the molecule is Cn1/c(=N/C#N)n(-c2ccc(C(C)(C)C#N)nc2)c2c3cc(-c4ccc5ccccc5c4)ccc3ncc21. The molecule has 0 saturated carbocycles. The lowest BCUT2D eigenvalue weighted by Gasteiger charge is -2.15. The minimum Gasteiger partial charge on any atom is -0.311 e. The van der Waals surface area contributed by atoms with Gasteiger partial charge in [0.25, 0.3) is 0 Å². The van der Waals surface area contributed by atoms with Crippen LogP contribution in [-0.4, -0.2) is 19.1 Å². The van der Waals surface area contributed by atoms with Crippen LogP contribution in [0.15, 0.2) is 90.2 Å². The van der Waals surface area contributed by atoms with Crippen LogP contribution in [0.2, 0.25) is 0 Å². The second-order valence-corrected chi connectivity index (χ2v) is 9.83. The third-order valence-corrected chi connectivity index (χ3v) is 7.06. The number of benzene rings is 3. The van der Waals surface area contributed by atoms with Crippen molar-refractivity contribution in [2.45, 2.75) is 19.3 Å². The molecule has 6 aromatic rings. The number of imidazole rings is 1. The van der Waals surface area contributed by atoms with Crippen LogP contribution in [0.5, 0.6) is 0 Å². The van der Waals surface area contributed by atoms with Gasteiger partial charge < -0.3 is 4.57 Å². The smallest absolute Gasteiger partial charge is 0.226 e. The van der Waals surface area contributed by atoms with Crippen molar-refractivity contribution in [3.63, 3.8) is 0 Å². The van der Waals surface area contributed by atoms with Gasteiger partial charge in [0.1, 0.15) is 0 Å². The summed E-state index contributed by atoms with van der Waals surface area (Å²) >= 11 is 0. The highest BCUT2D eigenvalue weighted by Crippen LogP contribution is 2.31. The Bertz CT molecular complexity index is 2030. The Morgan fingerprint density at radius 2 is 1.61 bits per heavy atom. The minimum absolute atomic E-state index is 0.460. The molecule has 38 heavy (non-hydrogen) atoms. The lowest BCUT2D eigenvalue weighted by Crippen LogP contribution is -2.23. The van der Waals surface area contributed by atoms with Crippen LogP contribution in [0, 0.1) is 22.8 Å². The summed E-state index contributed by atoms with van der Waals surface area (Å²) in [5.41, 5.74) is 5.88. The first kappa shape index (κ1) is 23.1. The molecule has 0 fully saturated rings. The predicted octanol–water partition coefficient (Wildman–Crippen LogP) is 5.92. The first-order chi connectivity index (χ1) is 18.4. The molecule has 0 saturated heterocycles. The maximum Gasteiger partial charge on any atom is 0.226 e. The number of pyridine rings is 2. The van der Waals surface area contributed by atoms with Crippen molar-refractivity contribution in [1.29, 1.82) is 10.5 Å². The maximum absolute atomic E-state index is 9.53. The van der Waals surface area contributed by atoms with E-state index in [0.717, 1.165) is 38.8 Å². The van der Waals surface area contributed by atoms with Gasteiger partial charge in [0, 0.05) is 12.4 Å². The molecule has 3 aromatic carbocycles. The Morgan fingerprint density at radius 3 is 2.34 bits per heavy atom. The third-order valence-electron chi connectivity index (χ3n) is 7.06. The molecule has 0 aliphatic heterocycles. The molecule has 0 spiro atoms. The fourth-order valence-corrected chi connectivity index (χ4v) is 4.91. The van der Waals surface area contributed by atoms with E-state index in [-0.39, 0.29) is 0 Å². The van der Waals surface area contributed by atoms with E-state index < -0.39 is 5.41 Å². The van der Waals surface area contributed by atoms with Gasteiger partial charge in [-0.1, -0.05) is 42.5 Å². The molecule has 0 aliphatic carbocycles. The Kier molecular flexibility index (Phi) is 5.29. The molecule has 0 atom stereocenters. The van der Waals surface area contributed by atoms with E-state index in [1.165, 1.54) is 10.8 Å². The summed E-state index contributed by atoms with van der Waals surface area (Å²) in [5, 5.41) is 22.3. The molecular weight excluding hydrogens is 470 g/mol. The largest absolute Gasteiger partial charge is 0.311 e. The van der Waals surface area contributed by atoms with E-state index in [1.54, 1.807) is 12.4 Å². The monoisotopic (exact) mass is 493 g/mol. The van der Waals surface area contributed by atoms with Gasteiger partial charge in [-0.05, 0) is 66.1 Å². The van der Waals surface area contributed by atoms with Crippen molar-refractivity contribution in [3.05, 3.63) is 96.5 Å². The van der Waals surface area contributed by atoms with Gasteiger partial charge in [-0.3, -0.25) is 14.5 Å². The van der Waals surface area contributed by atoms with E-state index >= 15 is 0 Å². The van der Waals surface area contributed by atoms with Gasteiger partial charge >= 0.3 is 0 Å². The van der Waals surface area contributed by atoms with E-state index in [4.69, 9.17) is 4.98 Å². The number of rotatable bonds is 3. The molecule has 0 amide bonds. The van der Waals surface area contributed by atoms with Gasteiger partial charge in [-0.2, -0.15) is 10.5 Å². The lowest BCUT2D eigenvalue weighted by molar-refractivity contribution is 0.658. The zero-order valence-corrected chi connectivity index (χ0v) is 21.2. The summed E-state index contributed by atoms with van der Waals surface area (Å²) in [6.45, 7) is 3.67. The molecule has 3 heterocycles. The summed E-state index contributed by atoms with van der Waals surface area (Å²) in [6, 6.07) is 27.1. The zero-order valence-electron chi connectivity index (χ0n) is 21.2. The second-order valence-electron chi connectivity index (χ2n) is 9.83. The first-order valence-electron chi connectivity index (χ1n) is 12.2. The van der Waals surface area contributed by atoms with Crippen molar-refractivity contribution in [1.82, 2.24) is 19.1 Å². The number of aryl methyl sites for hydroxylation is 1. The van der Waals surface area contributed by atoms with Crippen LogP contribution >= 0.6 is 0 Å². The Labute approximate surface area is 219 Å². The number of aromatic nitrogens is 4. The van der Waals surface area contributed by atoms with Crippen LogP contribution in [0.25, 0.3) is 49.5 Å². The molecule has 0 unspecified atom stereocenters. The fourth-order valence-electron chi connectivity index (χ4n) is 4.91. The molecule has 182 valence electrons. The number of nitrogens with zero attached hydrogens (tertiary/aromatic N) is 7. The van der Waals surface area contributed by atoms with Gasteiger partial charge in [-0.25, -0.2) is 0 Å². The van der Waals surface area contributed by atoms with E-state index in [1.807, 2.05) is 66.6 Å². The summed E-state index contributed by atoms with van der Waals surface area (Å²) in [6.07, 6.45) is 5.47. The van der Waals surface area contributed by atoms with Gasteiger partial charge in [0.15, 0.2) is 0 Å². The van der Waals surface area contributed by atoms with Crippen LogP contribution in [0.1, 0.15) is 19.5 Å².